The van der Waals surface area contributed by atoms with Gasteiger partial charge in [0.1, 0.15) is 0 Å². The molecule has 0 saturated carbocycles. The zero-order valence-electron chi connectivity index (χ0n) is 7.35. The van der Waals surface area contributed by atoms with Gasteiger partial charge in [0, 0.05) is 6.42 Å². The molecule has 0 aromatic carbocycles. The van der Waals surface area contributed by atoms with Crippen LogP contribution in [-0.4, -0.2) is 5.78 Å². The van der Waals surface area contributed by atoms with Crippen LogP contribution in [0.5, 0.6) is 0 Å². The summed E-state index contributed by atoms with van der Waals surface area (Å²) in [5, 5.41) is 0. The molecule has 0 heterocycles. The van der Waals surface area contributed by atoms with E-state index in [-0.39, 0.29) is 5.78 Å². The standard InChI is InChI=1S/C10H14O/c1-7-4-5-8(2)10(11)6-9(7)3/h4-5,9H,6H2,1-3H3. The lowest BCUT2D eigenvalue weighted by Gasteiger charge is -2.07. The van der Waals surface area contributed by atoms with E-state index in [1.165, 1.54) is 5.57 Å². The second-order valence-corrected chi connectivity index (χ2v) is 3.29. The number of ketones is 1. The van der Waals surface area contributed by atoms with Crippen LogP contribution in [0.15, 0.2) is 23.3 Å². The molecule has 0 bridgehead atoms. The van der Waals surface area contributed by atoms with Crippen molar-refractivity contribution in [1.29, 1.82) is 0 Å². The molecule has 1 nitrogen and oxygen atoms in total. The molecular weight excluding hydrogens is 136 g/mol. The summed E-state index contributed by atoms with van der Waals surface area (Å²) in [7, 11) is 0. The fourth-order valence-corrected chi connectivity index (χ4v) is 1.11. The van der Waals surface area contributed by atoms with Crippen LogP contribution >= 0.6 is 0 Å². The molecule has 1 atom stereocenters. The molecule has 0 spiro atoms. The number of hydrogen-bond acceptors (Lipinski definition) is 1. The summed E-state index contributed by atoms with van der Waals surface area (Å²) in [6.07, 6.45) is 4.64. The maximum atomic E-state index is 11.3. The average molecular weight is 150 g/mol. The summed E-state index contributed by atoms with van der Waals surface area (Å²) in [6.45, 7) is 6.05. The van der Waals surface area contributed by atoms with Crippen LogP contribution in [0, 0.1) is 5.92 Å². The van der Waals surface area contributed by atoms with E-state index in [0.717, 1.165) is 5.57 Å². The van der Waals surface area contributed by atoms with Crippen molar-refractivity contribution in [2.45, 2.75) is 27.2 Å². The zero-order chi connectivity index (χ0) is 8.43. The molecule has 0 amide bonds. The SMILES string of the molecule is CC1=CC=C(C)C(C)CC1=O. The molecule has 1 aliphatic rings. The third-order valence-corrected chi connectivity index (χ3v) is 2.30. The number of Topliss-reactive ketones (excluding diaryl/α,β-unsaturated/α-hetero) is 1. The zero-order valence-corrected chi connectivity index (χ0v) is 7.35. The Balaban J connectivity index is 2.88. The summed E-state index contributed by atoms with van der Waals surface area (Å²) in [5.41, 5.74) is 2.18. The van der Waals surface area contributed by atoms with Crippen LogP contribution in [0.25, 0.3) is 0 Å². The van der Waals surface area contributed by atoms with Gasteiger partial charge >= 0.3 is 0 Å². The summed E-state index contributed by atoms with van der Waals surface area (Å²) in [6, 6.07) is 0. The first kappa shape index (κ1) is 8.25. The molecule has 1 aliphatic carbocycles. The Morgan fingerprint density at radius 2 is 2.00 bits per heavy atom. The number of hydrogen-bond donors (Lipinski definition) is 0. The highest BCUT2D eigenvalue weighted by Gasteiger charge is 2.13. The van der Waals surface area contributed by atoms with Gasteiger partial charge < -0.3 is 0 Å². The van der Waals surface area contributed by atoms with Crippen molar-refractivity contribution in [2.75, 3.05) is 0 Å². The third-order valence-electron chi connectivity index (χ3n) is 2.30. The maximum Gasteiger partial charge on any atom is 0.159 e. The first-order valence-corrected chi connectivity index (χ1v) is 3.99. The van der Waals surface area contributed by atoms with Gasteiger partial charge in [-0.05, 0) is 25.3 Å². The number of rotatable bonds is 0. The van der Waals surface area contributed by atoms with Gasteiger partial charge in [0.2, 0.25) is 0 Å². The van der Waals surface area contributed by atoms with Crippen molar-refractivity contribution in [1.82, 2.24) is 0 Å². The maximum absolute atomic E-state index is 11.3. The van der Waals surface area contributed by atoms with E-state index < -0.39 is 0 Å². The van der Waals surface area contributed by atoms with Crippen molar-refractivity contribution in [3.8, 4) is 0 Å². The van der Waals surface area contributed by atoms with Gasteiger partial charge in [0.05, 0.1) is 0 Å². The van der Waals surface area contributed by atoms with E-state index >= 15 is 0 Å². The van der Waals surface area contributed by atoms with Crippen LogP contribution in [0.1, 0.15) is 27.2 Å². The van der Waals surface area contributed by atoms with Crippen molar-refractivity contribution in [2.24, 2.45) is 5.92 Å². The highest BCUT2D eigenvalue weighted by Crippen LogP contribution is 2.20. The summed E-state index contributed by atoms with van der Waals surface area (Å²) < 4.78 is 0. The molecule has 60 valence electrons. The number of carbonyl (C=O) groups excluding carboxylic acids is 1. The first-order valence-electron chi connectivity index (χ1n) is 3.99. The lowest BCUT2D eigenvalue weighted by molar-refractivity contribution is -0.116. The molecule has 0 N–H and O–H groups in total. The Bertz CT molecular complexity index is 233. The van der Waals surface area contributed by atoms with Crippen molar-refractivity contribution in [3.63, 3.8) is 0 Å². The Hall–Kier alpha value is -0.850. The Morgan fingerprint density at radius 1 is 1.36 bits per heavy atom. The van der Waals surface area contributed by atoms with E-state index in [1.54, 1.807) is 0 Å². The second kappa shape index (κ2) is 3.04. The molecule has 0 aromatic heterocycles. The molecule has 0 saturated heterocycles. The predicted molar refractivity (Wildman–Crippen MR) is 46.3 cm³/mol. The second-order valence-electron chi connectivity index (χ2n) is 3.29. The Kier molecular flexibility index (Phi) is 2.28. The largest absolute Gasteiger partial charge is 0.295 e. The minimum atomic E-state index is 0.283. The molecule has 0 fully saturated rings. The highest BCUT2D eigenvalue weighted by molar-refractivity contribution is 5.95. The summed E-state index contributed by atoms with van der Waals surface area (Å²) in [4.78, 5) is 11.3. The topological polar surface area (TPSA) is 17.1 Å². The predicted octanol–water partition coefficient (Wildman–Crippen LogP) is 2.49. The van der Waals surface area contributed by atoms with Gasteiger partial charge in [-0.15, -0.1) is 0 Å². The fourth-order valence-electron chi connectivity index (χ4n) is 1.11. The molecule has 11 heavy (non-hydrogen) atoms. The molecule has 1 heteroatoms. The highest BCUT2D eigenvalue weighted by atomic mass is 16.1. The van der Waals surface area contributed by atoms with E-state index in [2.05, 4.69) is 13.8 Å². The van der Waals surface area contributed by atoms with E-state index in [4.69, 9.17) is 0 Å². The van der Waals surface area contributed by atoms with Crippen molar-refractivity contribution >= 4 is 5.78 Å². The van der Waals surface area contributed by atoms with Gasteiger partial charge in [-0.25, -0.2) is 0 Å². The summed E-state index contributed by atoms with van der Waals surface area (Å²) in [5.74, 6) is 0.696. The van der Waals surface area contributed by atoms with Gasteiger partial charge in [0.25, 0.3) is 0 Å². The normalized spacial score (nSPS) is 25.7. The van der Waals surface area contributed by atoms with Crippen LogP contribution in [0.2, 0.25) is 0 Å². The Morgan fingerprint density at radius 3 is 2.64 bits per heavy atom. The van der Waals surface area contributed by atoms with Crippen molar-refractivity contribution < 1.29 is 4.79 Å². The van der Waals surface area contributed by atoms with E-state index in [9.17, 15) is 4.79 Å². The minimum Gasteiger partial charge on any atom is -0.295 e. The van der Waals surface area contributed by atoms with Crippen LogP contribution < -0.4 is 0 Å². The minimum absolute atomic E-state index is 0.283. The molecular formula is C10H14O. The van der Waals surface area contributed by atoms with Crippen LogP contribution in [-0.2, 0) is 4.79 Å². The number of allylic oxidation sites excluding steroid dienone is 4. The lowest BCUT2D eigenvalue weighted by Crippen LogP contribution is -2.04. The molecule has 1 rings (SSSR count). The van der Waals surface area contributed by atoms with E-state index in [0.29, 0.717) is 12.3 Å². The van der Waals surface area contributed by atoms with Gasteiger partial charge in [0.15, 0.2) is 5.78 Å². The fraction of sp³-hybridized carbons (Fsp3) is 0.500. The third kappa shape index (κ3) is 1.79. The number of carbonyl (C=O) groups is 1. The molecule has 0 aliphatic heterocycles. The Labute approximate surface area is 67.8 Å². The van der Waals surface area contributed by atoms with Gasteiger partial charge in [-0.2, -0.15) is 0 Å². The first-order chi connectivity index (χ1) is 5.11. The average Bonchev–Trinajstić information content (AvgIpc) is 2.05. The van der Waals surface area contributed by atoms with Crippen LogP contribution in [0.3, 0.4) is 0 Å². The molecule has 0 radical (unpaired) electrons. The quantitative estimate of drug-likeness (QED) is 0.518. The monoisotopic (exact) mass is 150 g/mol. The van der Waals surface area contributed by atoms with Crippen molar-refractivity contribution in [3.05, 3.63) is 23.3 Å². The molecule has 0 aromatic rings. The lowest BCUT2D eigenvalue weighted by atomic mass is 9.97. The van der Waals surface area contributed by atoms with Gasteiger partial charge in [-0.3, -0.25) is 4.79 Å². The molecule has 1 unspecified atom stereocenters. The smallest absolute Gasteiger partial charge is 0.159 e. The van der Waals surface area contributed by atoms with Gasteiger partial charge in [-0.1, -0.05) is 24.6 Å². The van der Waals surface area contributed by atoms with E-state index in [1.807, 2.05) is 19.1 Å². The van der Waals surface area contributed by atoms with Crippen LogP contribution in [0.4, 0.5) is 0 Å². The summed E-state index contributed by atoms with van der Waals surface area (Å²) >= 11 is 0.